The molecule has 0 saturated carbocycles. The molecule has 1 heterocycles. The molecule has 1 aromatic carbocycles. The Morgan fingerprint density at radius 1 is 1.33 bits per heavy atom. The summed E-state index contributed by atoms with van der Waals surface area (Å²) >= 11 is 12.0. The van der Waals surface area contributed by atoms with Crippen LogP contribution in [0.1, 0.15) is 12.7 Å². The Kier molecular flexibility index (Phi) is 2.98. The van der Waals surface area contributed by atoms with E-state index in [1.165, 1.54) is 0 Å². The van der Waals surface area contributed by atoms with Gasteiger partial charge < -0.3 is 4.57 Å². The van der Waals surface area contributed by atoms with Crippen LogP contribution >= 0.6 is 23.2 Å². The SMILES string of the molecule is CCc1nccn1-c1ccc(Cl)cc1Cl. The highest BCUT2D eigenvalue weighted by atomic mass is 35.5. The molecule has 0 spiro atoms. The van der Waals surface area contributed by atoms with Crippen molar-refractivity contribution < 1.29 is 0 Å². The van der Waals surface area contributed by atoms with Gasteiger partial charge in [-0.1, -0.05) is 30.1 Å². The molecular formula is C11H10Cl2N2. The lowest BCUT2D eigenvalue weighted by Gasteiger charge is -2.08. The second kappa shape index (κ2) is 4.25. The van der Waals surface area contributed by atoms with Crippen LogP contribution in [-0.4, -0.2) is 9.55 Å². The molecule has 2 rings (SSSR count). The summed E-state index contributed by atoms with van der Waals surface area (Å²) in [6.45, 7) is 2.06. The van der Waals surface area contributed by atoms with E-state index >= 15 is 0 Å². The lowest BCUT2D eigenvalue weighted by Crippen LogP contribution is -1.99. The van der Waals surface area contributed by atoms with Crippen LogP contribution in [0, 0.1) is 0 Å². The molecule has 2 aromatic rings. The smallest absolute Gasteiger partial charge is 0.112 e. The third kappa shape index (κ3) is 2.01. The van der Waals surface area contributed by atoms with Gasteiger partial charge in [-0.25, -0.2) is 4.98 Å². The van der Waals surface area contributed by atoms with Crippen molar-refractivity contribution in [1.29, 1.82) is 0 Å². The molecule has 0 unspecified atom stereocenters. The summed E-state index contributed by atoms with van der Waals surface area (Å²) in [6, 6.07) is 5.45. The molecule has 0 amide bonds. The molecule has 2 nitrogen and oxygen atoms in total. The number of aryl methyl sites for hydroxylation is 1. The second-order valence-electron chi connectivity index (χ2n) is 3.16. The van der Waals surface area contributed by atoms with Gasteiger partial charge in [0.15, 0.2) is 0 Å². The third-order valence-electron chi connectivity index (χ3n) is 2.20. The topological polar surface area (TPSA) is 17.8 Å². The third-order valence-corrected chi connectivity index (χ3v) is 2.74. The zero-order valence-corrected chi connectivity index (χ0v) is 9.76. The summed E-state index contributed by atoms with van der Waals surface area (Å²) in [5.74, 6) is 0.985. The van der Waals surface area contributed by atoms with Crippen molar-refractivity contribution in [2.24, 2.45) is 0 Å². The van der Waals surface area contributed by atoms with Gasteiger partial charge in [0.25, 0.3) is 0 Å². The maximum absolute atomic E-state index is 6.12. The fourth-order valence-corrected chi connectivity index (χ4v) is 1.99. The second-order valence-corrected chi connectivity index (χ2v) is 4.01. The highest BCUT2D eigenvalue weighted by Crippen LogP contribution is 2.25. The molecule has 0 aliphatic rings. The van der Waals surface area contributed by atoms with Gasteiger partial charge in [0, 0.05) is 23.8 Å². The summed E-state index contributed by atoms with van der Waals surface area (Å²) in [5, 5.41) is 1.28. The van der Waals surface area contributed by atoms with Gasteiger partial charge in [-0.3, -0.25) is 0 Å². The van der Waals surface area contributed by atoms with Crippen molar-refractivity contribution in [1.82, 2.24) is 9.55 Å². The minimum Gasteiger partial charge on any atom is -0.302 e. The van der Waals surface area contributed by atoms with E-state index in [9.17, 15) is 0 Å². The van der Waals surface area contributed by atoms with E-state index in [1.807, 2.05) is 22.9 Å². The predicted molar refractivity (Wildman–Crippen MR) is 63.0 cm³/mol. The van der Waals surface area contributed by atoms with Crippen LogP contribution in [0.2, 0.25) is 10.0 Å². The minimum atomic E-state index is 0.634. The van der Waals surface area contributed by atoms with E-state index in [0.29, 0.717) is 10.0 Å². The molecule has 78 valence electrons. The van der Waals surface area contributed by atoms with Crippen LogP contribution in [0.15, 0.2) is 30.6 Å². The Balaban J connectivity index is 2.54. The standard InChI is InChI=1S/C11H10Cl2N2/c1-2-11-14-5-6-15(11)10-4-3-8(12)7-9(10)13/h3-7H,2H2,1H3. The Morgan fingerprint density at radius 3 is 2.80 bits per heavy atom. The summed E-state index contributed by atoms with van der Waals surface area (Å²) in [5.41, 5.74) is 0.912. The number of hydrogen-bond acceptors (Lipinski definition) is 1. The maximum atomic E-state index is 6.12. The van der Waals surface area contributed by atoms with Crippen LogP contribution in [0.3, 0.4) is 0 Å². The van der Waals surface area contributed by atoms with E-state index < -0.39 is 0 Å². The Labute approximate surface area is 98.5 Å². The number of nitrogens with zero attached hydrogens (tertiary/aromatic N) is 2. The highest BCUT2D eigenvalue weighted by Gasteiger charge is 2.06. The van der Waals surface area contributed by atoms with Gasteiger partial charge in [-0.15, -0.1) is 0 Å². The molecule has 1 aromatic heterocycles. The first-order valence-corrected chi connectivity index (χ1v) is 5.45. The van der Waals surface area contributed by atoms with Gasteiger partial charge >= 0.3 is 0 Å². The monoisotopic (exact) mass is 240 g/mol. The quantitative estimate of drug-likeness (QED) is 0.783. The maximum Gasteiger partial charge on any atom is 0.112 e. The number of rotatable bonds is 2. The molecule has 0 N–H and O–H groups in total. The Hall–Kier alpha value is -0.990. The molecule has 0 saturated heterocycles. The summed E-state index contributed by atoms with van der Waals surface area (Å²) in [4.78, 5) is 4.25. The molecule has 4 heteroatoms. The number of imidazole rings is 1. The van der Waals surface area contributed by atoms with E-state index in [0.717, 1.165) is 17.9 Å². The van der Waals surface area contributed by atoms with Gasteiger partial charge in [0.05, 0.1) is 10.7 Å². The van der Waals surface area contributed by atoms with Crippen molar-refractivity contribution in [3.63, 3.8) is 0 Å². The summed E-state index contributed by atoms with van der Waals surface area (Å²) in [6.07, 6.45) is 4.53. The predicted octanol–water partition coefficient (Wildman–Crippen LogP) is 3.74. The first-order chi connectivity index (χ1) is 7.22. The van der Waals surface area contributed by atoms with E-state index in [1.54, 1.807) is 12.3 Å². The average Bonchev–Trinajstić information content (AvgIpc) is 2.65. The zero-order chi connectivity index (χ0) is 10.8. The van der Waals surface area contributed by atoms with Crippen LogP contribution < -0.4 is 0 Å². The highest BCUT2D eigenvalue weighted by molar-refractivity contribution is 6.35. The molecule has 0 fully saturated rings. The lowest BCUT2D eigenvalue weighted by atomic mass is 10.3. The number of benzene rings is 1. The lowest BCUT2D eigenvalue weighted by molar-refractivity contribution is 0.891. The molecule has 0 aliphatic heterocycles. The molecular weight excluding hydrogens is 231 g/mol. The molecule has 0 atom stereocenters. The van der Waals surface area contributed by atoms with Crippen molar-refractivity contribution >= 4 is 23.2 Å². The molecule has 0 bridgehead atoms. The number of hydrogen-bond donors (Lipinski definition) is 0. The van der Waals surface area contributed by atoms with Gasteiger partial charge in [0.2, 0.25) is 0 Å². The van der Waals surface area contributed by atoms with Crippen LogP contribution in [-0.2, 0) is 6.42 Å². The normalized spacial score (nSPS) is 10.6. The van der Waals surface area contributed by atoms with Crippen molar-refractivity contribution in [3.05, 3.63) is 46.5 Å². The zero-order valence-electron chi connectivity index (χ0n) is 8.24. The van der Waals surface area contributed by atoms with Crippen molar-refractivity contribution in [3.8, 4) is 5.69 Å². The van der Waals surface area contributed by atoms with E-state index in [2.05, 4.69) is 11.9 Å². The van der Waals surface area contributed by atoms with Crippen LogP contribution in [0.5, 0.6) is 0 Å². The largest absolute Gasteiger partial charge is 0.302 e. The fourth-order valence-electron chi connectivity index (χ4n) is 1.49. The molecule has 0 radical (unpaired) electrons. The summed E-state index contributed by atoms with van der Waals surface area (Å²) < 4.78 is 1.97. The summed E-state index contributed by atoms with van der Waals surface area (Å²) in [7, 11) is 0. The first-order valence-electron chi connectivity index (χ1n) is 4.70. The Morgan fingerprint density at radius 2 is 2.13 bits per heavy atom. The minimum absolute atomic E-state index is 0.634. The number of halogens is 2. The molecule has 0 aliphatic carbocycles. The van der Waals surface area contributed by atoms with Crippen LogP contribution in [0.25, 0.3) is 5.69 Å². The van der Waals surface area contributed by atoms with E-state index in [4.69, 9.17) is 23.2 Å². The fraction of sp³-hybridized carbons (Fsp3) is 0.182. The van der Waals surface area contributed by atoms with Crippen molar-refractivity contribution in [2.75, 3.05) is 0 Å². The average molecular weight is 241 g/mol. The van der Waals surface area contributed by atoms with E-state index in [-0.39, 0.29) is 0 Å². The molecule has 15 heavy (non-hydrogen) atoms. The van der Waals surface area contributed by atoms with Gasteiger partial charge in [-0.05, 0) is 18.2 Å². The van der Waals surface area contributed by atoms with Crippen molar-refractivity contribution in [2.45, 2.75) is 13.3 Å². The van der Waals surface area contributed by atoms with Gasteiger partial charge in [0.1, 0.15) is 5.82 Å². The Bertz CT molecular complexity index is 477. The first kappa shape index (κ1) is 10.5. The van der Waals surface area contributed by atoms with Gasteiger partial charge in [-0.2, -0.15) is 0 Å². The van der Waals surface area contributed by atoms with Crippen LogP contribution in [0.4, 0.5) is 0 Å². The number of aromatic nitrogens is 2.